The molecule has 104 valence electrons. The fourth-order valence-corrected chi connectivity index (χ4v) is 2.09. The van der Waals surface area contributed by atoms with Crippen molar-refractivity contribution in [1.29, 1.82) is 0 Å². The summed E-state index contributed by atoms with van der Waals surface area (Å²) < 4.78 is 0. The van der Waals surface area contributed by atoms with Crippen molar-refractivity contribution in [3.8, 4) is 0 Å². The summed E-state index contributed by atoms with van der Waals surface area (Å²) in [5.74, 6) is -0.0520. The third kappa shape index (κ3) is 3.38. The fraction of sp³-hybridized carbons (Fsp3) is 0.235. The third-order valence-electron chi connectivity index (χ3n) is 3.42. The van der Waals surface area contributed by atoms with E-state index in [0.717, 1.165) is 11.1 Å². The number of anilines is 2. The van der Waals surface area contributed by atoms with Crippen molar-refractivity contribution in [1.82, 2.24) is 0 Å². The molecule has 1 amide bonds. The first-order valence-corrected chi connectivity index (χ1v) is 6.68. The number of carbonyl (C=O) groups is 1. The van der Waals surface area contributed by atoms with E-state index in [2.05, 4.69) is 19.2 Å². The number of nitrogens with one attached hydrogen (secondary N) is 1. The fourth-order valence-electron chi connectivity index (χ4n) is 2.09. The van der Waals surface area contributed by atoms with Gasteiger partial charge >= 0.3 is 0 Å². The highest BCUT2D eigenvalue weighted by Gasteiger charge is 2.07. The molecule has 0 aliphatic carbocycles. The number of aryl methyl sites for hydroxylation is 3. The number of hydrogen-bond acceptors (Lipinski definition) is 2. The second kappa shape index (κ2) is 5.78. The van der Waals surface area contributed by atoms with Crippen LogP contribution >= 0.6 is 0 Å². The van der Waals surface area contributed by atoms with Crippen LogP contribution < -0.4 is 11.1 Å². The summed E-state index contributed by atoms with van der Waals surface area (Å²) in [6.45, 7) is 6.08. The first-order valence-electron chi connectivity index (χ1n) is 6.68. The van der Waals surface area contributed by atoms with Crippen LogP contribution in [0.15, 0.2) is 36.4 Å². The summed E-state index contributed by atoms with van der Waals surface area (Å²) in [6, 6.07) is 11.7. The molecule has 0 fully saturated rings. The molecule has 3 heteroatoms. The van der Waals surface area contributed by atoms with E-state index in [-0.39, 0.29) is 5.91 Å². The van der Waals surface area contributed by atoms with Gasteiger partial charge in [0.05, 0.1) is 17.8 Å². The predicted molar refractivity (Wildman–Crippen MR) is 83.8 cm³/mol. The normalized spacial score (nSPS) is 10.3. The number of rotatable bonds is 3. The monoisotopic (exact) mass is 268 g/mol. The second-order valence-corrected chi connectivity index (χ2v) is 5.23. The summed E-state index contributed by atoms with van der Waals surface area (Å²) in [6.07, 6.45) is 0.356. The molecular formula is C17H20N2O. The molecule has 0 aliphatic rings. The van der Waals surface area contributed by atoms with Crippen molar-refractivity contribution < 1.29 is 4.79 Å². The van der Waals surface area contributed by atoms with Crippen LogP contribution in [0.1, 0.15) is 22.3 Å². The number of benzene rings is 2. The topological polar surface area (TPSA) is 55.1 Å². The number of amides is 1. The Balaban J connectivity index is 2.07. The minimum absolute atomic E-state index is 0.0520. The standard InChI is InChI=1S/C17H20N2O/c1-11-4-7-16(15(18)8-11)19-17(20)10-14-6-5-12(2)13(3)9-14/h4-9H,10,18H2,1-3H3,(H,19,20). The summed E-state index contributed by atoms with van der Waals surface area (Å²) in [5.41, 5.74) is 11.7. The van der Waals surface area contributed by atoms with Crippen molar-refractivity contribution in [3.05, 3.63) is 58.7 Å². The Morgan fingerprint density at radius 1 is 1.05 bits per heavy atom. The average molecular weight is 268 g/mol. The number of nitrogens with two attached hydrogens (primary N) is 1. The zero-order chi connectivity index (χ0) is 14.7. The van der Waals surface area contributed by atoms with Crippen LogP contribution in [0.2, 0.25) is 0 Å². The Morgan fingerprint density at radius 3 is 2.45 bits per heavy atom. The van der Waals surface area contributed by atoms with E-state index in [1.54, 1.807) is 0 Å². The van der Waals surface area contributed by atoms with Crippen LogP contribution in [0.25, 0.3) is 0 Å². The van der Waals surface area contributed by atoms with Gasteiger partial charge in [-0.05, 0) is 55.2 Å². The second-order valence-electron chi connectivity index (χ2n) is 5.23. The van der Waals surface area contributed by atoms with E-state index in [1.807, 2.05) is 43.3 Å². The molecule has 2 rings (SSSR count). The lowest BCUT2D eigenvalue weighted by Gasteiger charge is -2.09. The molecule has 2 aromatic carbocycles. The first-order chi connectivity index (χ1) is 9.45. The van der Waals surface area contributed by atoms with Gasteiger partial charge in [-0.15, -0.1) is 0 Å². The molecule has 3 nitrogen and oxygen atoms in total. The minimum Gasteiger partial charge on any atom is -0.397 e. The Labute approximate surface area is 119 Å². The highest BCUT2D eigenvalue weighted by molar-refractivity contribution is 5.95. The Hall–Kier alpha value is -2.29. The maximum Gasteiger partial charge on any atom is 0.228 e. The summed E-state index contributed by atoms with van der Waals surface area (Å²) in [4.78, 5) is 12.0. The Kier molecular flexibility index (Phi) is 4.08. The van der Waals surface area contributed by atoms with Crippen molar-refractivity contribution in [2.45, 2.75) is 27.2 Å². The molecule has 0 unspecified atom stereocenters. The maximum absolute atomic E-state index is 12.0. The molecule has 0 spiro atoms. The van der Waals surface area contributed by atoms with Gasteiger partial charge in [0.1, 0.15) is 0 Å². The van der Waals surface area contributed by atoms with Gasteiger partial charge in [-0.25, -0.2) is 0 Å². The molecule has 0 radical (unpaired) electrons. The van der Waals surface area contributed by atoms with Crippen molar-refractivity contribution >= 4 is 17.3 Å². The zero-order valence-electron chi connectivity index (χ0n) is 12.2. The SMILES string of the molecule is Cc1ccc(NC(=O)Cc2ccc(C)c(C)c2)c(N)c1. The summed E-state index contributed by atoms with van der Waals surface area (Å²) in [7, 11) is 0. The third-order valence-corrected chi connectivity index (χ3v) is 3.42. The molecule has 20 heavy (non-hydrogen) atoms. The lowest BCUT2D eigenvalue weighted by atomic mass is 10.0. The Morgan fingerprint density at radius 2 is 1.80 bits per heavy atom. The van der Waals surface area contributed by atoms with Crippen LogP contribution in [0.4, 0.5) is 11.4 Å². The number of hydrogen-bond donors (Lipinski definition) is 2. The molecule has 0 heterocycles. The molecular weight excluding hydrogens is 248 g/mol. The van der Waals surface area contributed by atoms with Crippen LogP contribution in [0.5, 0.6) is 0 Å². The van der Waals surface area contributed by atoms with Crippen LogP contribution in [-0.2, 0) is 11.2 Å². The lowest BCUT2D eigenvalue weighted by molar-refractivity contribution is -0.115. The van der Waals surface area contributed by atoms with Gasteiger partial charge in [-0.1, -0.05) is 24.3 Å². The van der Waals surface area contributed by atoms with Crippen molar-refractivity contribution in [2.75, 3.05) is 11.1 Å². The number of nitrogen functional groups attached to an aromatic ring is 1. The molecule has 0 aliphatic heterocycles. The highest BCUT2D eigenvalue weighted by Crippen LogP contribution is 2.20. The van der Waals surface area contributed by atoms with Gasteiger partial charge in [-0.3, -0.25) is 4.79 Å². The predicted octanol–water partition coefficient (Wildman–Crippen LogP) is 3.38. The van der Waals surface area contributed by atoms with Gasteiger partial charge in [0.25, 0.3) is 0 Å². The van der Waals surface area contributed by atoms with Gasteiger partial charge in [-0.2, -0.15) is 0 Å². The number of carbonyl (C=O) groups excluding carboxylic acids is 1. The molecule has 0 saturated heterocycles. The smallest absolute Gasteiger partial charge is 0.228 e. The minimum atomic E-state index is -0.0520. The van der Waals surface area contributed by atoms with Gasteiger partial charge in [0, 0.05) is 0 Å². The van der Waals surface area contributed by atoms with Gasteiger partial charge in [0.15, 0.2) is 0 Å². The summed E-state index contributed by atoms with van der Waals surface area (Å²) >= 11 is 0. The van der Waals surface area contributed by atoms with E-state index < -0.39 is 0 Å². The lowest BCUT2D eigenvalue weighted by Crippen LogP contribution is -2.15. The van der Waals surface area contributed by atoms with E-state index in [4.69, 9.17) is 5.73 Å². The largest absolute Gasteiger partial charge is 0.397 e. The molecule has 2 aromatic rings. The zero-order valence-corrected chi connectivity index (χ0v) is 12.2. The first kappa shape index (κ1) is 14.1. The molecule has 0 saturated carbocycles. The van der Waals surface area contributed by atoms with E-state index in [0.29, 0.717) is 17.8 Å². The quantitative estimate of drug-likeness (QED) is 0.838. The molecule has 3 N–H and O–H groups in total. The summed E-state index contributed by atoms with van der Waals surface area (Å²) in [5, 5.41) is 2.86. The van der Waals surface area contributed by atoms with E-state index >= 15 is 0 Å². The average Bonchev–Trinajstić information content (AvgIpc) is 2.37. The van der Waals surface area contributed by atoms with E-state index in [9.17, 15) is 4.79 Å². The molecule has 0 atom stereocenters. The van der Waals surface area contributed by atoms with Crippen molar-refractivity contribution in [3.63, 3.8) is 0 Å². The van der Waals surface area contributed by atoms with Gasteiger partial charge in [0.2, 0.25) is 5.91 Å². The molecule has 0 bridgehead atoms. The maximum atomic E-state index is 12.0. The Bertz CT molecular complexity index is 647. The highest BCUT2D eigenvalue weighted by atomic mass is 16.1. The van der Waals surface area contributed by atoms with Crippen molar-refractivity contribution in [2.24, 2.45) is 0 Å². The van der Waals surface area contributed by atoms with Crippen LogP contribution in [-0.4, -0.2) is 5.91 Å². The molecule has 0 aromatic heterocycles. The van der Waals surface area contributed by atoms with E-state index in [1.165, 1.54) is 11.1 Å². The van der Waals surface area contributed by atoms with Gasteiger partial charge < -0.3 is 11.1 Å². The van der Waals surface area contributed by atoms with Crippen LogP contribution in [0, 0.1) is 20.8 Å². The van der Waals surface area contributed by atoms with Crippen LogP contribution in [0.3, 0.4) is 0 Å².